The summed E-state index contributed by atoms with van der Waals surface area (Å²) >= 11 is 0. The predicted octanol–water partition coefficient (Wildman–Crippen LogP) is 2.84. The maximum absolute atomic E-state index is 12.4. The Morgan fingerprint density at radius 1 is 1.13 bits per heavy atom. The lowest BCUT2D eigenvalue weighted by Gasteiger charge is -2.18. The summed E-state index contributed by atoms with van der Waals surface area (Å²) in [6, 6.07) is 18.3. The van der Waals surface area contributed by atoms with Crippen LogP contribution in [0.25, 0.3) is 0 Å². The molecule has 2 aromatic carbocycles. The fraction of sp³-hybridized carbons (Fsp3) is 0.417. The average Bonchev–Trinajstić information content (AvgIpc) is 3.14. The summed E-state index contributed by atoms with van der Waals surface area (Å²) in [5.41, 5.74) is 2.36. The zero-order valence-corrected chi connectivity index (χ0v) is 17.9. The first-order valence-corrected chi connectivity index (χ1v) is 10.6. The fourth-order valence-corrected chi connectivity index (χ4v) is 3.64. The van der Waals surface area contributed by atoms with Gasteiger partial charge in [0.15, 0.2) is 5.96 Å². The van der Waals surface area contributed by atoms with Crippen molar-refractivity contribution in [1.82, 2.24) is 15.5 Å². The van der Waals surface area contributed by atoms with E-state index in [0.29, 0.717) is 18.9 Å². The summed E-state index contributed by atoms with van der Waals surface area (Å²) in [7, 11) is 1.67. The number of amides is 1. The Hall–Kier alpha value is -3.02. The molecule has 1 atom stereocenters. The number of nitrogens with zero attached hydrogens (tertiary/aromatic N) is 2. The third kappa shape index (κ3) is 6.51. The second-order valence-electron chi connectivity index (χ2n) is 7.57. The molecule has 30 heavy (non-hydrogen) atoms. The molecule has 1 heterocycles. The highest BCUT2D eigenvalue weighted by molar-refractivity contribution is 5.81. The number of benzene rings is 2. The lowest BCUT2D eigenvalue weighted by Crippen LogP contribution is -2.40. The van der Waals surface area contributed by atoms with Gasteiger partial charge in [-0.2, -0.15) is 0 Å². The van der Waals surface area contributed by atoms with E-state index in [1.54, 1.807) is 7.11 Å². The van der Waals surface area contributed by atoms with Crippen LogP contribution in [0.1, 0.15) is 24.5 Å². The van der Waals surface area contributed by atoms with Gasteiger partial charge in [-0.1, -0.05) is 42.5 Å². The van der Waals surface area contributed by atoms with Crippen molar-refractivity contribution in [2.24, 2.45) is 10.9 Å². The maximum Gasteiger partial charge on any atom is 0.223 e. The lowest BCUT2D eigenvalue weighted by atomic mass is 10.1. The van der Waals surface area contributed by atoms with Crippen molar-refractivity contribution in [1.29, 1.82) is 0 Å². The second kappa shape index (κ2) is 11.2. The van der Waals surface area contributed by atoms with Gasteiger partial charge in [-0.3, -0.25) is 4.79 Å². The quantitative estimate of drug-likeness (QED) is 0.495. The van der Waals surface area contributed by atoms with Crippen LogP contribution in [0.3, 0.4) is 0 Å². The van der Waals surface area contributed by atoms with E-state index < -0.39 is 0 Å². The van der Waals surface area contributed by atoms with E-state index in [4.69, 9.17) is 4.74 Å². The van der Waals surface area contributed by atoms with Crippen LogP contribution in [0, 0.1) is 5.92 Å². The monoisotopic (exact) mass is 408 g/mol. The van der Waals surface area contributed by atoms with Crippen molar-refractivity contribution in [2.45, 2.75) is 26.3 Å². The molecule has 1 aliphatic heterocycles. The summed E-state index contributed by atoms with van der Waals surface area (Å²) < 4.78 is 5.28. The van der Waals surface area contributed by atoms with Gasteiger partial charge < -0.3 is 20.3 Å². The minimum atomic E-state index is 0.246. The van der Waals surface area contributed by atoms with Gasteiger partial charge in [-0.05, 0) is 36.6 Å². The molecule has 1 fully saturated rings. The van der Waals surface area contributed by atoms with Crippen LogP contribution in [-0.4, -0.2) is 50.1 Å². The van der Waals surface area contributed by atoms with Crippen molar-refractivity contribution in [2.75, 3.05) is 33.3 Å². The number of likely N-dealkylation sites (tertiary alicyclic amines) is 1. The molecular formula is C24H32N4O2. The largest absolute Gasteiger partial charge is 0.497 e. The number of nitrogens with one attached hydrogen (secondary N) is 2. The summed E-state index contributed by atoms with van der Waals surface area (Å²) in [5, 5.41) is 6.69. The van der Waals surface area contributed by atoms with Crippen LogP contribution in [0.4, 0.5) is 0 Å². The number of methoxy groups -OCH3 is 1. The number of hydrogen-bond acceptors (Lipinski definition) is 3. The normalized spacial score (nSPS) is 16.6. The highest BCUT2D eigenvalue weighted by Gasteiger charge is 2.29. The highest BCUT2D eigenvalue weighted by Crippen LogP contribution is 2.18. The molecule has 1 aliphatic rings. The van der Waals surface area contributed by atoms with Crippen LogP contribution in [0.15, 0.2) is 59.6 Å². The molecule has 0 aliphatic carbocycles. The first-order valence-electron chi connectivity index (χ1n) is 10.6. The summed E-state index contributed by atoms with van der Waals surface area (Å²) in [6.45, 7) is 5.72. The van der Waals surface area contributed by atoms with Crippen LogP contribution in [0.2, 0.25) is 0 Å². The Morgan fingerprint density at radius 3 is 2.70 bits per heavy atom. The molecule has 2 aromatic rings. The van der Waals surface area contributed by atoms with Gasteiger partial charge in [-0.25, -0.2) is 4.99 Å². The average molecular weight is 409 g/mol. The minimum Gasteiger partial charge on any atom is -0.497 e. The van der Waals surface area contributed by atoms with Gasteiger partial charge in [0.2, 0.25) is 5.91 Å². The van der Waals surface area contributed by atoms with E-state index in [1.165, 1.54) is 5.56 Å². The van der Waals surface area contributed by atoms with E-state index in [0.717, 1.165) is 49.9 Å². The number of rotatable bonds is 9. The standard InChI is InChI=1S/C24H32N4O2/c1-3-25-24(26-16-20-10-7-11-22(14-20)30-2)27-17-21-15-23(29)28(18-21)13-12-19-8-5-4-6-9-19/h4-11,14,21H,3,12-13,15-18H2,1-2H3,(H2,25,26,27). The summed E-state index contributed by atoms with van der Waals surface area (Å²) in [5.74, 6) is 2.15. The van der Waals surface area contributed by atoms with Gasteiger partial charge in [0.05, 0.1) is 13.7 Å². The van der Waals surface area contributed by atoms with Gasteiger partial charge in [-0.15, -0.1) is 0 Å². The predicted molar refractivity (Wildman–Crippen MR) is 121 cm³/mol. The zero-order valence-electron chi connectivity index (χ0n) is 17.9. The molecule has 1 amide bonds. The molecule has 3 rings (SSSR count). The molecule has 160 valence electrons. The topological polar surface area (TPSA) is 66.0 Å². The van der Waals surface area contributed by atoms with Crippen LogP contribution >= 0.6 is 0 Å². The number of carbonyl (C=O) groups excluding carboxylic acids is 1. The molecule has 1 unspecified atom stereocenters. The molecular weight excluding hydrogens is 376 g/mol. The molecule has 1 saturated heterocycles. The maximum atomic E-state index is 12.4. The summed E-state index contributed by atoms with van der Waals surface area (Å²) in [6.07, 6.45) is 1.49. The number of hydrogen-bond donors (Lipinski definition) is 2. The molecule has 0 spiro atoms. The number of carbonyl (C=O) groups is 1. The van der Waals surface area contributed by atoms with Crippen molar-refractivity contribution >= 4 is 11.9 Å². The highest BCUT2D eigenvalue weighted by atomic mass is 16.5. The Labute approximate surface area is 179 Å². The van der Waals surface area contributed by atoms with E-state index in [9.17, 15) is 4.79 Å². The lowest BCUT2D eigenvalue weighted by molar-refractivity contribution is -0.127. The first-order chi connectivity index (χ1) is 14.7. The Morgan fingerprint density at radius 2 is 1.93 bits per heavy atom. The third-order valence-corrected chi connectivity index (χ3v) is 5.26. The van der Waals surface area contributed by atoms with E-state index >= 15 is 0 Å². The number of ether oxygens (including phenoxy) is 1. The number of aliphatic imine (C=N–C) groups is 1. The van der Waals surface area contributed by atoms with Crippen molar-refractivity contribution < 1.29 is 9.53 Å². The molecule has 6 nitrogen and oxygen atoms in total. The van der Waals surface area contributed by atoms with Crippen molar-refractivity contribution in [3.63, 3.8) is 0 Å². The molecule has 0 saturated carbocycles. The van der Waals surface area contributed by atoms with Gasteiger partial charge in [0.25, 0.3) is 0 Å². The first kappa shape index (κ1) is 21.7. The Balaban J connectivity index is 1.48. The van der Waals surface area contributed by atoms with Crippen molar-refractivity contribution in [3.05, 3.63) is 65.7 Å². The second-order valence-corrected chi connectivity index (χ2v) is 7.57. The smallest absolute Gasteiger partial charge is 0.223 e. The molecule has 6 heteroatoms. The minimum absolute atomic E-state index is 0.246. The summed E-state index contributed by atoms with van der Waals surface area (Å²) in [4.78, 5) is 19.0. The third-order valence-electron chi connectivity index (χ3n) is 5.26. The van der Waals surface area contributed by atoms with E-state index in [-0.39, 0.29) is 5.91 Å². The fourth-order valence-electron chi connectivity index (χ4n) is 3.64. The zero-order chi connectivity index (χ0) is 21.2. The molecule has 2 N–H and O–H groups in total. The van der Waals surface area contributed by atoms with Gasteiger partial charge >= 0.3 is 0 Å². The SMILES string of the molecule is CCNC(=NCc1cccc(OC)c1)NCC1CC(=O)N(CCc2ccccc2)C1. The van der Waals surface area contributed by atoms with Gasteiger partial charge in [0.1, 0.15) is 5.75 Å². The van der Waals surface area contributed by atoms with Crippen molar-refractivity contribution in [3.8, 4) is 5.75 Å². The number of guanidine groups is 1. The molecule has 0 aromatic heterocycles. The van der Waals surface area contributed by atoms with Crippen LogP contribution in [0.5, 0.6) is 5.75 Å². The molecule has 0 bridgehead atoms. The van der Waals surface area contributed by atoms with Crippen LogP contribution in [-0.2, 0) is 17.8 Å². The van der Waals surface area contributed by atoms with E-state index in [2.05, 4.69) is 27.8 Å². The Kier molecular flexibility index (Phi) is 8.12. The van der Waals surface area contributed by atoms with Crippen LogP contribution < -0.4 is 15.4 Å². The molecule has 0 radical (unpaired) electrons. The Bertz CT molecular complexity index is 838. The van der Waals surface area contributed by atoms with Gasteiger partial charge in [0, 0.05) is 38.5 Å². The van der Waals surface area contributed by atoms with E-state index in [1.807, 2.05) is 54.3 Å².